The van der Waals surface area contributed by atoms with E-state index in [4.69, 9.17) is 9.26 Å². The number of pyridine rings is 1. The molecule has 0 aliphatic rings. The molecule has 11 heteroatoms. The molecule has 11 nitrogen and oxygen atoms in total. The van der Waals surface area contributed by atoms with Gasteiger partial charge < -0.3 is 9.26 Å². The monoisotopic (exact) mass is 389 g/mol. The average molecular weight is 389 g/mol. The first-order valence-corrected chi connectivity index (χ1v) is 8.77. The molecular weight excluding hydrogens is 374 g/mol. The molecule has 0 radical (unpaired) electrons. The van der Waals surface area contributed by atoms with Gasteiger partial charge in [-0.15, -0.1) is 20.4 Å². The second kappa shape index (κ2) is 6.78. The summed E-state index contributed by atoms with van der Waals surface area (Å²) in [6.07, 6.45) is 3.35. The van der Waals surface area contributed by atoms with Crippen molar-refractivity contribution in [3.8, 4) is 28.7 Å². The molecule has 144 valence electrons. The summed E-state index contributed by atoms with van der Waals surface area (Å²) in [5, 5.41) is 24.8. The van der Waals surface area contributed by atoms with Crippen LogP contribution in [0.1, 0.15) is 11.5 Å². The topological polar surface area (TPSA) is 122 Å². The van der Waals surface area contributed by atoms with Crippen LogP contribution in [0.15, 0.2) is 47.2 Å². The summed E-state index contributed by atoms with van der Waals surface area (Å²) >= 11 is 0. The summed E-state index contributed by atoms with van der Waals surface area (Å²) in [7, 11) is 1.80. The van der Waals surface area contributed by atoms with Gasteiger partial charge in [-0.05, 0) is 25.1 Å². The maximum Gasteiger partial charge on any atom is 0.241 e. The van der Waals surface area contributed by atoms with Crippen LogP contribution in [0.25, 0.3) is 28.4 Å². The minimum atomic E-state index is 0.238. The highest BCUT2D eigenvalue weighted by atomic mass is 16.5. The van der Waals surface area contributed by atoms with Gasteiger partial charge >= 0.3 is 0 Å². The Morgan fingerprint density at radius 3 is 2.79 bits per heavy atom. The maximum absolute atomic E-state index is 6.02. The van der Waals surface area contributed by atoms with Crippen LogP contribution >= 0.6 is 0 Å². The van der Waals surface area contributed by atoms with E-state index < -0.39 is 0 Å². The van der Waals surface area contributed by atoms with Gasteiger partial charge in [0.25, 0.3) is 0 Å². The zero-order chi connectivity index (χ0) is 19.8. The molecule has 0 saturated carbocycles. The van der Waals surface area contributed by atoms with Gasteiger partial charge in [0, 0.05) is 19.3 Å². The zero-order valence-corrected chi connectivity index (χ0v) is 15.6. The van der Waals surface area contributed by atoms with E-state index in [1.807, 2.05) is 31.2 Å². The van der Waals surface area contributed by atoms with E-state index in [1.54, 1.807) is 34.7 Å². The number of hydrogen-bond donors (Lipinski definition) is 0. The molecule has 29 heavy (non-hydrogen) atoms. The molecule has 0 aliphatic carbocycles. The van der Waals surface area contributed by atoms with Crippen LogP contribution in [-0.4, -0.2) is 44.9 Å². The molecule has 0 bridgehead atoms. The van der Waals surface area contributed by atoms with Crippen LogP contribution in [-0.2, 0) is 13.7 Å². The Morgan fingerprint density at radius 1 is 1.14 bits per heavy atom. The van der Waals surface area contributed by atoms with Gasteiger partial charge in [0.15, 0.2) is 11.3 Å². The smallest absolute Gasteiger partial charge is 0.241 e. The lowest BCUT2D eigenvalue weighted by molar-refractivity contribution is 0.280. The molecule has 0 aliphatic heterocycles. The van der Waals surface area contributed by atoms with Gasteiger partial charge in [-0.1, -0.05) is 16.4 Å². The van der Waals surface area contributed by atoms with E-state index in [1.165, 1.54) is 0 Å². The molecule has 0 spiro atoms. The summed E-state index contributed by atoms with van der Waals surface area (Å²) in [6, 6.07) is 9.22. The summed E-state index contributed by atoms with van der Waals surface area (Å²) in [6.45, 7) is 2.05. The van der Waals surface area contributed by atoms with Gasteiger partial charge in [0.05, 0.1) is 23.1 Å². The van der Waals surface area contributed by atoms with Crippen LogP contribution in [0, 0.1) is 6.92 Å². The predicted molar refractivity (Wildman–Crippen MR) is 99.6 cm³/mol. The molecule has 0 aromatic carbocycles. The third kappa shape index (κ3) is 3.08. The maximum atomic E-state index is 6.02. The molecule has 0 atom stereocenters. The van der Waals surface area contributed by atoms with Crippen molar-refractivity contribution in [2.24, 2.45) is 7.05 Å². The van der Waals surface area contributed by atoms with Crippen LogP contribution < -0.4 is 4.74 Å². The number of nitrogens with zero attached hydrogens (tertiary/aromatic N) is 9. The van der Waals surface area contributed by atoms with Crippen molar-refractivity contribution < 1.29 is 9.26 Å². The van der Waals surface area contributed by atoms with E-state index >= 15 is 0 Å². The first-order valence-electron chi connectivity index (χ1n) is 8.77. The number of aromatic nitrogens is 9. The largest absolute Gasteiger partial charge is 0.470 e. The molecular formula is C18H15N9O2. The highest BCUT2D eigenvalue weighted by molar-refractivity contribution is 5.69. The molecule has 0 unspecified atom stereocenters. The lowest BCUT2D eigenvalue weighted by atomic mass is 10.2. The van der Waals surface area contributed by atoms with Gasteiger partial charge in [0.2, 0.25) is 11.7 Å². The Balaban J connectivity index is 1.63. The van der Waals surface area contributed by atoms with E-state index in [2.05, 4.69) is 35.7 Å². The zero-order valence-electron chi connectivity index (χ0n) is 15.6. The lowest BCUT2D eigenvalue weighted by Gasteiger charge is -2.10. The summed E-state index contributed by atoms with van der Waals surface area (Å²) in [5.74, 6) is 1.50. The number of ether oxygens (including phenoxy) is 1. The Kier molecular flexibility index (Phi) is 3.97. The Morgan fingerprint density at radius 2 is 2.07 bits per heavy atom. The normalized spacial score (nSPS) is 11.2. The first kappa shape index (κ1) is 17.0. The third-order valence-corrected chi connectivity index (χ3v) is 4.32. The molecule has 0 saturated heterocycles. The molecule has 5 heterocycles. The van der Waals surface area contributed by atoms with Crippen molar-refractivity contribution >= 4 is 5.65 Å². The van der Waals surface area contributed by atoms with Gasteiger partial charge in [-0.3, -0.25) is 4.98 Å². The van der Waals surface area contributed by atoms with Crippen LogP contribution in [0.3, 0.4) is 0 Å². The van der Waals surface area contributed by atoms with E-state index in [0.29, 0.717) is 40.1 Å². The van der Waals surface area contributed by atoms with Gasteiger partial charge in [-0.25, -0.2) is 4.68 Å². The van der Waals surface area contributed by atoms with Crippen molar-refractivity contribution in [3.05, 3.63) is 54.2 Å². The number of fused-ring (bicyclic) bond motifs is 1. The lowest BCUT2D eigenvalue weighted by Crippen LogP contribution is -2.07. The Labute approximate surface area is 164 Å². The highest BCUT2D eigenvalue weighted by Gasteiger charge is 2.19. The average Bonchev–Trinajstić information content (AvgIpc) is 3.46. The minimum Gasteiger partial charge on any atom is -0.470 e. The number of hydrogen-bond acceptors (Lipinski definition) is 9. The molecule has 0 N–H and O–H groups in total. The predicted octanol–water partition coefficient (Wildman–Crippen LogP) is 1.86. The number of rotatable bonds is 5. The number of aryl methyl sites for hydroxylation is 2. The molecule has 5 aromatic heterocycles. The Hall–Kier alpha value is -4.15. The molecule has 5 aromatic rings. The summed E-state index contributed by atoms with van der Waals surface area (Å²) in [4.78, 5) is 4.41. The van der Waals surface area contributed by atoms with Crippen LogP contribution in [0.4, 0.5) is 0 Å². The fourth-order valence-corrected chi connectivity index (χ4v) is 2.84. The summed E-state index contributed by atoms with van der Waals surface area (Å²) in [5.41, 5.74) is 3.28. The van der Waals surface area contributed by atoms with Crippen LogP contribution in [0.5, 0.6) is 5.88 Å². The quantitative estimate of drug-likeness (QED) is 0.443. The SMILES string of the molecule is Cc1cc(-c2nnc3cc(-c4ccccn4)c(OCc4cnnn4C)nn23)no1. The van der Waals surface area contributed by atoms with E-state index in [-0.39, 0.29) is 6.61 Å². The van der Waals surface area contributed by atoms with Gasteiger partial charge in [-0.2, -0.15) is 4.52 Å². The first-order chi connectivity index (χ1) is 14.2. The van der Waals surface area contributed by atoms with Crippen LogP contribution in [0.2, 0.25) is 0 Å². The third-order valence-electron chi connectivity index (χ3n) is 4.32. The molecule has 0 fully saturated rings. The second-order valence-electron chi connectivity index (χ2n) is 6.33. The van der Waals surface area contributed by atoms with Crippen molar-refractivity contribution in [2.45, 2.75) is 13.5 Å². The molecule has 0 amide bonds. The molecule has 5 rings (SSSR count). The van der Waals surface area contributed by atoms with Crippen molar-refractivity contribution in [1.29, 1.82) is 0 Å². The van der Waals surface area contributed by atoms with E-state index in [9.17, 15) is 0 Å². The minimum absolute atomic E-state index is 0.238. The van der Waals surface area contributed by atoms with Crippen molar-refractivity contribution in [1.82, 2.24) is 44.9 Å². The highest BCUT2D eigenvalue weighted by Crippen LogP contribution is 2.29. The second-order valence-corrected chi connectivity index (χ2v) is 6.33. The summed E-state index contributed by atoms with van der Waals surface area (Å²) < 4.78 is 14.4. The van der Waals surface area contributed by atoms with Crippen molar-refractivity contribution in [3.63, 3.8) is 0 Å². The standard InChI is InChI=1S/C18H15N9O2/c1-11-7-15(24-29-11)17-22-21-16-8-13(14-5-3-4-6-19-14)18(23-27(16)17)28-10-12-9-20-25-26(12)2/h3-9H,10H2,1-2H3. The Bertz CT molecular complexity index is 1290. The van der Waals surface area contributed by atoms with Gasteiger partial charge in [0.1, 0.15) is 12.4 Å². The fourth-order valence-electron chi connectivity index (χ4n) is 2.84. The van der Waals surface area contributed by atoms with E-state index in [0.717, 1.165) is 5.69 Å². The fraction of sp³-hybridized carbons (Fsp3) is 0.167. The van der Waals surface area contributed by atoms with Crippen molar-refractivity contribution in [2.75, 3.05) is 0 Å².